The summed E-state index contributed by atoms with van der Waals surface area (Å²) in [6.45, 7) is 7.13. The van der Waals surface area contributed by atoms with E-state index in [4.69, 9.17) is 21.4 Å². The fourth-order valence-electron chi connectivity index (χ4n) is 5.19. The number of hydrogen-bond donors (Lipinski definition) is 3. The van der Waals surface area contributed by atoms with Crippen LogP contribution in [0.4, 0.5) is 0 Å². The Morgan fingerprint density at radius 1 is 1.20 bits per heavy atom. The summed E-state index contributed by atoms with van der Waals surface area (Å²) in [5.74, 6) is -0.214. The van der Waals surface area contributed by atoms with Crippen LogP contribution in [0.25, 0.3) is 0 Å². The number of nitrogens with one attached hydrogen (secondary N) is 1. The SMILES string of the molecule is CCCC(OC[C@H](O)CNC(C)(C)CC1Cc2ccccc2C1)c1cc(Cl)ccc1CCC(=O)O. The topological polar surface area (TPSA) is 78.8 Å². The zero-order chi connectivity index (χ0) is 25.4. The normalized spacial score (nSPS) is 15.7. The fourth-order valence-corrected chi connectivity index (χ4v) is 5.37. The van der Waals surface area contributed by atoms with Gasteiger partial charge in [0.25, 0.3) is 0 Å². The average Bonchev–Trinajstić information content (AvgIpc) is 3.21. The van der Waals surface area contributed by atoms with Crippen LogP contribution >= 0.6 is 11.6 Å². The minimum Gasteiger partial charge on any atom is -0.481 e. The molecule has 0 spiro atoms. The van der Waals surface area contributed by atoms with Crippen molar-refractivity contribution in [2.75, 3.05) is 13.2 Å². The second-order valence-electron chi connectivity index (χ2n) is 10.5. The van der Waals surface area contributed by atoms with Crippen LogP contribution in [0.2, 0.25) is 5.02 Å². The number of aliphatic hydroxyl groups excluding tert-OH is 1. The van der Waals surface area contributed by atoms with Gasteiger partial charge in [-0.2, -0.15) is 0 Å². The first-order chi connectivity index (χ1) is 16.7. The van der Waals surface area contributed by atoms with Crippen molar-refractivity contribution < 1.29 is 19.7 Å². The molecule has 3 N–H and O–H groups in total. The Bertz CT molecular complexity index is 952. The number of ether oxygens (including phenoxy) is 1. The maximum Gasteiger partial charge on any atom is 0.303 e. The zero-order valence-electron chi connectivity index (χ0n) is 21.2. The van der Waals surface area contributed by atoms with Crippen LogP contribution in [0.5, 0.6) is 0 Å². The number of carboxylic acids is 1. The maximum absolute atomic E-state index is 11.1. The van der Waals surface area contributed by atoms with Crippen LogP contribution in [0, 0.1) is 5.92 Å². The Balaban J connectivity index is 1.52. The van der Waals surface area contributed by atoms with Crippen molar-refractivity contribution in [2.24, 2.45) is 5.92 Å². The Labute approximate surface area is 214 Å². The third-order valence-corrected chi connectivity index (χ3v) is 7.09. The average molecular weight is 502 g/mol. The van der Waals surface area contributed by atoms with Gasteiger partial charge in [0, 0.05) is 23.5 Å². The number of carbonyl (C=O) groups is 1. The molecule has 2 aromatic rings. The van der Waals surface area contributed by atoms with Crippen molar-refractivity contribution in [3.63, 3.8) is 0 Å². The standard InChI is InChI=1S/C29H40ClNO4/c1-4-7-27(26-16-24(30)12-10-21(26)11-13-28(33)34)35-19-25(32)18-31-29(2,3)17-20-14-22-8-5-6-9-23(22)15-20/h5-6,8-10,12,16,20,25,27,31-32H,4,7,11,13-15,17-19H2,1-3H3,(H,33,34)/t25-,27?/m1/s1. The molecule has 0 aromatic heterocycles. The molecule has 0 saturated carbocycles. The molecule has 0 aliphatic heterocycles. The summed E-state index contributed by atoms with van der Waals surface area (Å²) in [5, 5.41) is 23.9. The highest BCUT2D eigenvalue weighted by atomic mass is 35.5. The molecule has 0 heterocycles. The van der Waals surface area contributed by atoms with Gasteiger partial charge in [0.1, 0.15) is 0 Å². The molecule has 3 rings (SSSR count). The number of rotatable bonds is 14. The van der Waals surface area contributed by atoms with Gasteiger partial charge in [0.2, 0.25) is 0 Å². The van der Waals surface area contributed by atoms with Gasteiger partial charge in [-0.3, -0.25) is 4.79 Å². The molecule has 0 amide bonds. The van der Waals surface area contributed by atoms with Crippen LogP contribution in [0.3, 0.4) is 0 Å². The van der Waals surface area contributed by atoms with Gasteiger partial charge >= 0.3 is 5.97 Å². The van der Waals surface area contributed by atoms with Crippen molar-refractivity contribution in [2.45, 2.75) is 83.5 Å². The maximum atomic E-state index is 11.1. The van der Waals surface area contributed by atoms with Crippen molar-refractivity contribution in [3.05, 3.63) is 69.7 Å². The highest BCUT2D eigenvalue weighted by molar-refractivity contribution is 6.30. The van der Waals surface area contributed by atoms with Gasteiger partial charge in [0.15, 0.2) is 0 Å². The van der Waals surface area contributed by atoms with Crippen LogP contribution in [-0.4, -0.2) is 41.0 Å². The lowest BCUT2D eigenvalue weighted by atomic mass is 9.88. The lowest BCUT2D eigenvalue weighted by Gasteiger charge is -2.31. The van der Waals surface area contributed by atoms with E-state index in [2.05, 4.69) is 50.4 Å². The van der Waals surface area contributed by atoms with Crippen molar-refractivity contribution >= 4 is 17.6 Å². The van der Waals surface area contributed by atoms with Gasteiger partial charge in [-0.05, 0) is 86.3 Å². The molecule has 1 unspecified atom stereocenters. The summed E-state index contributed by atoms with van der Waals surface area (Å²) >= 11 is 6.25. The number of fused-ring (bicyclic) bond motifs is 1. The molecular formula is C29H40ClNO4. The highest BCUT2D eigenvalue weighted by Crippen LogP contribution is 2.32. The first-order valence-electron chi connectivity index (χ1n) is 12.8. The Morgan fingerprint density at radius 2 is 1.89 bits per heavy atom. The largest absolute Gasteiger partial charge is 0.481 e. The van der Waals surface area contributed by atoms with Gasteiger partial charge in [-0.25, -0.2) is 0 Å². The molecular weight excluding hydrogens is 462 g/mol. The highest BCUT2D eigenvalue weighted by Gasteiger charge is 2.28. The van der Waals surface area contributed by atoms with Crippen LogP contribution in [0.1, 0.15) is 74.8 Å². The predicted octanol–water partition coefficient (Wildman–Crippen LogP) is 5.75. The second kappa shape index (κ2) is 12.9. The van der Waals surface area contributed by atoms with Crippen LogP contribution in [-0.2, 0) is 28.8 Å². The van der Waals surface area contributed by atoms with Gasteiger partial charge < -0.3 is 20.3 Å². The summed E-state index contributed by atoms with van der Waals surface area (Å²) in [6.07, 6.45) is 4.57. The number of carboxylic acid groups (broad SMARTS) is 1. The number of aryl methyl sites for hydroxylation is 1. The summed E-state index contributed by atoms with van der Waals surface area (Å²) in [5.41, 5.74) is 4.69. The number of aliphatic carboxylic acids is 1. The zero-order valence-corrected chi connectivity index (χ0v) is 22.0. The molecule has 1 aliphatic carbocycles. The van der Waals surface area contributed by atoms with Crippen molar-refractivity contribution in [1.29, 1.82) is 0 Å². The molecule has 1 aliphatic rings. The summed E-state index contributed by atoms with van der Waals surface area (Å²) in [4.78, 5) is 11.1. The van der Waals surface area contributed by atoms with E-state index in [1.165, 1.54) is 11.1 Å². The number of aliphatic hydroxyl groups is 1. The van der Waals surface area contributed by atoms with Gasteiger partial charge in [-0.1, -0.05) is 55.3 Å². The first-order valence-corrected chi connectivity index (χ1v) is 13.2. The lowest BCUT2D eigenvalue weighted by Crippen LogP contribution is -2.45. The molecule has 2 aromatic carbocycles. The van der Waals surface area contributed by atoms with Crippen molar-refractivity contribution in [3.8, 4) is 0 Å². The molecule has 0 saturated heterocycles. The van der Waals surface area contributed by atoms with Crippen LogP contribution < -0.4 is 5.32 Å². The van der Waals surface area contributed by atoms with E-state index in [9.17, 15) is 9.90 Å². The number of hydrogen-bond acceptors (Lipinski definition) is 4. The van der Waals surface area contributed by atoms with E-state index in [0.29, 0.717) is 23.9 Å². The first kappa shape index (κ1) is 27.7. The number of benzene rings is 2. The van der Waals surface area contributed by atoms with Crippen molar-refractivity contribution in [1.82, 2.24) is 5.32 Å². The Kier molecular flexibility index (Phi) is 10.2. The van der Waals surface area contributed by atoms with E-state index in [1.807, 2.05) is 12.1 Å². The van der Waals surface area contributed by atoms with E-state index in [0.717, 1.165) is 43.2 Å². The summed E-state index contributed by atoms with van der Waals surface area (Å²) in [7, 11) is 0. The molecule has 0 bridgehead atoms. The van der Waals surface area contributed by atoms with Gasteiger partial charge in [0.05, 0.1) is 18.8 Å². The van der Waals surface area contributed by atoms with E-state index < -0.39 is 12.1 Å². The number of β-amino-alcohol motifs (C(OH)–C–C–N with tert-alkyl or cyclic N) is 1. The van der Waals surface area contributed by atoms with E-state index in [-0.39, 0.29) is 24.7 Å². The molecule has 5 nitrogen and oxygen atoms in total. The lowest BCUT2D eigenvalue weighted by molar-refractivity contribution is -0.136. The minimum atomic E-state index is -0.829. The smallest absolute Gasteiger partial charge is 0.303 e. The molecule has 35 heavy (non-hydrogen) atoms. The Hall–Kier alpha value is -1.92. The van der Waals surface area contributed by atoms with E-state index >= 15 is 0 Å². The predicted molar refractivity (Wildman–Crippen MR) is 141 cm³/mol. The molecule has 192 valence electrons. The molecule has 0 radical (unpaired) electrons. The second-order valence-corrected chi connectivity index (χ2v) is 10.9. The van der Waals surface area contributed by atoms with E-state index in [1.54, 1.807) is 6.07 Å². The third kappa shape index (κ3) is 8.60. The number of halogens is 1. The van der Waals surface area contributed by atoms with Gasteiger partial charge in [-0.15, -0.1) is 0 Å². The Morgan fingerprint density at radius 3 is 2.51 bits per heavy atom. The van der Waals surface area contributed by atoms with Crippen LogP contribution in [0.15, 0.2) is 42.5 Å². The quantitative estimate of drug-likeness (QED) is 0.307. The summed E-state index contributed by atoms with van der Waals surface area (Å²) in [6, 6.07) is 14.2. The minimum absolute atomic E-state index is 0.0567. The molecule has 0 fully saturated rings. The molecule has 2 atom stereocenters. The fraction of sp³-hybridized carbons (Fsp3) is 0.552. The molecule has 6 heteroatoms. The summed E-state index contributed by atoms with van der Waals surface area (Å²) < 4.78 is 6.18. The third-order valence-electron chi connectivity index (χ3n) is 6.85. The monoisotopic (exact) mass is 501 g/mol.